The van der Waals surface area contributed by atoms with E-state index in [1.807, 2.05) is 55.4 Å². The Morgan fingerprint density at radius 1 is 0.548 bits per heavy atom. The van der Waals surface area contributed by atoms with Gasteiger partial charge in [0.15, 0.2) is 60.1 Å². The van der Waals surface area contributed by atoms with Gasteiger partial charge in [-0.2, -0.15) is 0 Å². The standard InChI is InChI=1S/C26H38O12S4/c1-23(2)27-9-11(33-23)13-15(17-19(29-13)37-25(5,6)35-17)31-21(39)41-42-22(40)32-16-14(12-10-28-24(3,4)34-12)30-20-18(16)36-26(7,8)38-20/h11-20H,9-10H2,1-8H3/t11?,12?,13?,14?,15-,16+,17?,18?,19?,20?. The maximum absolute atomic E-state index is 6.24. The average molecular weight is 671 g/mol. The van der Waals surface area contributed by atoms with E-state index < -0.39 is 72.4 Å². The zero-order chi connectivity index (χ0) is 30.2. The highest BCUT2D eigenvalue weighted by Crippen LogP contribution is 2.45. The molecule has 238 valence electrons. The van der Waals surface area contributed by atoms with Crippen molar-refractivity contribution >= 4 is 54.8 Å². The Hall–Kier alpha value is 0.0800. The smallest absolute Gasteiger partial charge is 0.231 e. The minimum Gasteiger partial charge on any atom is -0.469 e. The summed E-state index contributed by atoms with van der Waals surface area (Å²) < 4.78 is 73.1. The van der Waals surface area contributed by atoms with Gasteiger partial charge in [-0.25, -0.2) is 0 Å². The van der Waals surface area contributed by atoms with Gasteiger partial charge in [0.1, 0.15) is 24.4 Å². The van der Waals surface area contributed by atoms with Crippen LogP contribution >= 0.6 is 46.0 Å². The lowest BCUT2D eigenvalue weighted by Gasteiger charge is -2.29. The molecule has 0 N–H and O–H groups in total. The van der Waals surface area contributed by atoms with E-state index in [1.54, 1.807) is 0 Å². The predicted octanol–water partition coefficient (Wildman–Crippen LogP) is 3.76. The summed E-state index contributed by atoms with van der Waals surface area (Å²) >= 11 is 11.2. The molecule has 8 unspecified atom stereocenters. The number of ether oxygens (including phenoxy) is 12. The van der Waals surface area contributed by atoms with Crippen LogP contribution in [0.25, 0.3) is 0 Å². The highest BCUT2D eigenvalue weighted by molar-refractivity contribution is 8.89. The molecule has 12 nitrogen and oxygen atoms in total. The summed E-state index contributed by atoms with van der Waals surface area (Å²) in [7, 11) is 2.32. The average Bonchev–Trinajstić information content (AvgIpc) is 3.67. The number of hydrogen-bond acceptors (Lipinski definition) is 16. The maximum Gasteiger partial charge on any atom is 0.231 e. The molecule has 0 aliphatic carbocycles. The molecule has 6 aliphatic rings. The van der Waals surface area contributed by atoms with E-state index in [-0.39, 0.29) is 21.0 Å². The van der Waals surface area contributed by atoms with Crippen molar-refractivity contribution in [3.05, 3.63) is 0 Å². The monoisotopic (exact) mass is 670 g/mol. The molecule has 0 radical (unpaired) electrons. The van der Waals surface area contributed by atoms with Gasteiger partial charge in [0, 0.05) is 21.6 Å². The number of rotatable bonds is 4. The van der Waals surface area contributed by atoms with Crippen LogP contribution in [0.5, 0.6) is 0 Å². The molecule has 42 heavy (non-hydrogen) atoms. The SMILES string of the molecule is CC1(C)OCC(C2OC3OC(C)(C)OC3[C@@H]2OC(=S)SSC(=S)O[C@H]2C(C3COC(C)(C)O3)OC3OC(C)(C)OC32)O1. The van der Waals surface area contributed by atoms with Crippen LogP contribution in [0.1, 0.15) is 55.4 Å². The van der Waals surface area contributed by atoms with Crippen LogP contribution in [0.2, 0.25) is 0 Å². The summed E-state index contributed by atoms with van der Waals surface area (Å²) in [5.74, 6) is -3.12. The second-order valence-electron chi connectivity index (χ2n) is 12.7. The summed E-state index contributed by atoms with van der Waals surface area (Å²) in [6.45, 7) is 15.4. The van der Waals surface area contributed by atoms with E-state index in [0.29, 0.717) is 13.2 Å². The van der Waals surface area contributed by atoms with Crippen molar-refractivity contribution in [2.75, 3.05) is 13.2 Å². The first kappa shape index (κ1) is 32.0. The minimum atomic E-state index is -0.825. The largest absolute Gasteiger partial charge is 0.469 e. The Morgan fingerprint density at radius 3 is 1.26 bits per heavy atom. The molecule has 6 aliphatic heterocycles. The molecule has 0 aromatic rings. The van der Waals surface area contributed by atoms with Crippen LogP contribution in [0.15, 0.2) is 0 Å². The first-order chi connectivity index (χ1) is 19.5. The lowest BCUT2D eigenvalue weighted by Crippen LogP contribution is -2.45. The Labute approximate surface area is 264 Å². The van der Waals surface area contributed by atoms with E-state index >= 15 is 0 Å². The van der Waals surface area contributed by atoms with Crippen LogP contribution in [0.3, 0.4) is 0 Å². The van der Waals surface area contributed by atoms with E-state index in [1.165, 1.54) is 0 Å². The van der Waals surface area contributed by atoms with Crippen LogP contribution in [0, 0.1) is 0 Å². The molecule has 0 bridgehead atoms. The zero-order valence-electron chi connectivity index (χ0n) is 24.7. The predicted molar refractivity (Wildman–Crippen MR) is 157 cm³/mol. The van der Waals surface area contributed by atoms with Crippen molar-refractivity contribution in [1.82, 2.24) is 0 Å². The molecular formula is C26H38O12S4. The Morgan fingerprint density at radius 2 is 0.929 bits per heavy atom. The van der Waals surface area contributed by atoms with Crippen molar-refractivity contribution in [2.45, 2.75) is 140 Å². The van der Waals surface area contributed by atoms with Crippen molar-refractivity contribution in [2.24, 2.45) is 0 Å². The van der Waals surface area contributed by atoms with E-state index in [2.05, 4.69) is 0 Å². The van der Waals surface area contributed by atoms with Gasteiger partial charge in [0.25, 0.3) is 0 Å². The third kappa shape index (κ3) is 6.77. The van der Waals surface area contributed by atoms with Crippen molar-refractivity contribution in [3.63, 3.8) is 0 Å². The highest BCUT2D eigenvalue weighted by atomic mass is 33.1. The van der Waals surface area contributed by atoms with Gasteiger partial charge in [-0.05, 0) is 79.8 Å². The maximum atomic E-state index is 6.24. The Kier molecular flexibility index (Phi) is 8.70. The molecular weight excluding hydrogens is 633 g/mol. The summed E-state index contributed by atoms with van der Waals surface area (Å²) in [5, 5.41) is 0. The Balaban J connectivity index is 1.07. The molecule has 0 amide bonds. The fourth-order valence-corrected chi connectivity index (χ4v) is 7.87. The molecule has 0 aromatic heterocycles. The quantitative estimate of drug-likeness (QED) is 0.319. The highest BCUT2D eigenvalue weighted by Gasteiger charge is 2.61. The first-order valence-electron chi connectivity index (χ1n) is 13.9. The van der Waals surface area contributed by atoms with Gasteiger partial charge in [-0.3, -0.25) is 0 Å². The topological polar surface area (TPSA) is 111 Å². The molecule has 0 spiro atoms. The fraction of sp³-hybridized carbons (Fsp3) is 0.923. The van der Waals surface area contributed by atoms with Crippen molar-refractivity contribution in [1.29, 1.82) is 0 Å². The normalized spacial score (nSPS) is 44.2. The third-order valence-electron chi connectivity index (χ3n) is 7.49. The van der Waals surface area contributed by atoms with Crippen LogP contribution < -0.4 is 0 Å². The fourth-order valence-electron chi connectivity index (χ4n) is 5.96. The van der Waals surface area contributed by atoms with Crippen LogP contribution in [-0.2, 0) is 56.8 Å². The van der Waals surface area contributed by atoms with Crippen LogP contribution in [-0.4, -0.2) is 107 Å². The zero-order valence-corrected chi connectivity index (χ0v) is 28.0. The second kappa shape index (κ2) is 11.4. The van der Waals surface area contributed by atoms with E-state index in [9.17, 15) is 0 Å². The van der Waals surface area contributed by atoms with Gasteiger partial charge in [-0.1, -0.05) is 0 Å². The van der Waals surface area contributed by atoms with Gasteiger partial charge in [-0.15, -0.1) is 0 Å². The van der Waals surface area contributed by atoms with Crippen molar-refractivity contribution in [3.8, 4) is 0 Å². The van der Waals surface area contributed by atoms with E-state index in [0.717, 1.165) is 21.6 Å². The van der Waals surface area contributed by atoms with Gasteiger partial charge >= 0.3 is 0 Å². The molecule has 0 aromatic carbocycles. The molecule has 0 saturated carbocycles. The van der Waals surface area contributed by atoms with E-state index in [4.69, 9.17) is 81.3 Å². The summed E-state index contributed by atoms with van der Waals surface area (Å²) in [5.41, 5.74) is 0. The summed E-state index contributed by atoms with van der Waals surface area (Å²) in [4.78, 5) is 0. The van der Waals surface area contributed by atoms with Gasteiger partial charge < -0.3 is 56.8 Å². The minimum absolute atomic E-state index is 0.227. The Bertz CT molecular complexity index is 990. The summed E-state index contributed by atoms with van der Waals surface area (Å²) in [6, 6.07) is 0. The molecule has 10 atom stereocenters. The lowest BCUT2D eigenvalue weighted by atomic mass is 10.1. The van der Waals surface area contributed by atoms with Crippen LogP contribution in [0.4, 0.5) is 0 Å². The molecule has 16 heteroatoms. The molecule has 6 rings (SSSR count). The third-order valence-corrected chi connectivity index (χ3v) is 10.5. The number of hydrogen-bond donors (Lipinski definition) is 0. The first-order valence-corrected chi connectivity index (χ1v) is 16.9. The molecule has 6 saturated heterocycles. The second-order valence-corrected chi connectivity index (χ2v) is 16.0. The summed E-state index contributed by atoms with van der Waals surface area (Å²) in [6.07, 6.45) is -5.21. The number of thiocarbonyl (C=S) groups is 2. The molecule has 6 heterocycles. The van der Waals surface area contributed by atoms with Gasteiger partial charge in [0.2, 0.25) is 8.77 Å². The lowest BCUT2D eigenvalue weighted by molar-refractivity contribution is -0.231. The molecule has 6 fully saturated rings. The number of fused-ring (bicyclic) bond motifs is 2. The van der Waals surface area contributed by atoms with Crippen molar-refractivity contribution < 1.29 is 56.8 Å². The van der Waals surface area contributed by atoms with Gasteiger partial charge in [0.05, 0.1) is 13.2 Å².